The van der Waals surface area contributed by atoms with Crippen LogP contribution >= 0.6 is 0 Å². The smallest absolute Gasteiger partial charge is 0.319 e. The third kappa shape index (κ3) is 3.19. The normalized spacial score (nSPS) is 26.7. The van der Waals surface area contributed by atoms with Gasteiger partial charge in [-0.05, 0) is 36.6 Å². The molecule has 1 N–H and O–H groups in total. The van der Waals surface area contributed by atoms with Gasteiger partial charge in [0.2, 0.25) is 0 Å². The Morgan fingerprint density at radius 3 is 2.88 bits per heavy atom. The number of amides is 2. The van der Waals surface area contributed by atoms with E-state index in [2.05, 4.69) is 17.0 Å². The minimum atomic E-state index is -0.631. The van der Waals surface area contributed by atoms with Crippen LogP contribution in [-0.2, 0) is 6.54 Å². The number of furan rings is 1. The zero-order chi connectivity index (χ0) is 18.3. The zero-order valence-electron chi connectivity index (χ0n) is 15.5. The second-order valence-electron chi connectivity index (χ2n) is 7.95. The second-order valence-corrected chi connectivity index (χ2v) is 7.95. The van der Waals surface area contributed by atoms with Crippen molar-refractivity contribution < 1.29 is 14.3 Å². The van der Waals surface area contributed by atoms with Gasteiger partial charge in [0.25, 0.3) is 0 Å². The molecule has 0 bridgehead atoms. The predicted molar refractivity (Wildman–Crippen MR) is 99.8 cm³/mol. The van der Waals surface area contributed by atoms with E-state index in [1.807, 2.05) is 17.0 Å². The molecule has 2 aliphatic rings. The van der Waals surface area contributed by atoms with E-state index in [9.17, 15) is 9.90 Å². The van der Waals surface area contributed by atoms with Crippen molar-refractivity contribution in [2.75, 3.05) is 40.3 Å². The van der Waals surface area contributed by atoms with Gasteiger partial charge in [-0.3, -0.25) is 4.90 Å². The molecule has 0 spiro atoms. The van der Waals surface area contributed by atoms with Crippen LogP contribution < -0.4 is 0 Å². The average Bonchev–Trinajstić information content (AvgIpc) is 3.08. The van der Waals surface area contributed by atoms with E-state index in [1.165, 1.54) is 5.56 Å². The van der Waals surface area contributed by atoms with Crippen LogP contribution in [0.25, 0.3) is 11.0 Å². The Bertz CT molecular complexity index is 802. The first-order valence-corrected chi connectivity index (χ1v) is 9.32. The lowest BCUT2D eigenvalue weighted by atomic mass is 9.75. The van der Waals surface area contributed by atoms with E-state index in [0.29, 0.717) is 19.5 Å². The zero-order valence-corrected chi connectivity index (χ0v) is 15.5. The third-order valence-electron chi connectivity index (χ3n) is 5.93. The van der Waals surface area contributed by atoms with Crippen LogP contribution in [0.1, 0.15) is 18.4 Å². The van der Waals surface area contributed by atoms with Crippen LogP contribution in [-0.4, -0.2) is 71.7 Å². The Labute approximate surface area is 154 Å². The first kappa shape index (κ1) is 17.4. The number of aliphatic hydroxyl groups is 1. The van der Waals surface area contributed by atoms with Crippen LogP contribution in [0, 0.1) is 5.92 Å². The van der Waals surface area contributed by atoms with Gasteiger partial charge in [-0.25, -0.2) is 4.79 Å². The van der Waals surface area contributed by atoms with Crippen LogP contribution in [0.2, 0.25) is 0 Å². The van der Waals surface area contributed by atoms with Crippen molar-refractivity contribution in [2.24, 2.45) is 5.92 Å². The molecule has 0 aliphatic carbocycles. The maximum absolute atomic E-state index is 12.3. The summed E-state index contributed by atoms with van der Waals surface area (Å²) in [5, 5.41) is 12.2. The van der Waals surface area contributed by atoms with Gasteiger partial charge in [-0.1, -0.05) is 6.07 Å². The molecule has 2 aliphatic heterocycles. The predicted octanol–water partition coefficient (Wildman–Crippen LogP) is 2.37. The summed E-state index contributed by atoms with van der Waals surface area (Å²) in [4.78, 5) is 18.2. The fourth-order valence-electron chi connectivity index (χ4n) is 4.34. The lowest BCUT2D eigenvalue weighted by molar-refractivity contribution is -0.108. The number of carbonyl (C=O) groups is 1. The molecule has 2 atom stereocenters. The number of benzene rings is 1. The van der Waals surface area contributed by atoms with Crippen molar-refractivity contribution in [2.45, 2.75) is 25.0 Å². The molecule has 2 saturated heterocycles. The van der Waals surface area contributed by atoms with E-state index in [0.717, 1.165) is 37.0 Å². The topological polar surface area (TPSA) is 60.2 Å². The number of rotatable bonds is 2. The third-order valence-corrected chi connectivity index (χ3v) is 5.93. The molecule has 3 heterocycles. The molecule has 1 aromatic heterocycles. The summed E-state index contributed by atoms with van der Waals surface area (Å²) in [6.45, 7) is 3.83. The molecular formula is C20H27N3O3. The van der Waals surface area contributed by atoms with Gasteiger partial charge >= 0.3 is 6.03 Å². The van der Waals surface area contributed by atoms with Gasteiger partial charge in [-0.15, -0.1) is 0 Å². The highest BCUT2D eigenvalue weighted by Gasteiger charge is 2.45. The number of fused-ring (bicyclic) bond motifs is 2. The van der Waals surface area contributed by atoms with Crippen molar-refractivity contribution in [1.29, 1.82) is 0 Å². The molecule has 2 aromatic rings. The van der Waals surface area contributed by atoms with Crippen molar-refractivity contribution >= 4 is 17.0 Å². The van der Waals surface area contributed by atoms with Crippen molar-refractivity contribution in [3.63, 3.8) is 0 Å². The summed E-state index contributed by atoms with van der Waals surface area (Å²) >= 11 is 0. The van der Waals surface area contributed by atoms with Gasteiger partial charge in [0.1, 0.15) is 5.58 Å². The number of urea groups is 1. The molecule has 0 unspecified atom stereocenters. The summed E-state index contributed by atoms with van der Waals surface area (Å²) in [6.07, 6.45) is 3.16. The van der Waals surface area contributed by atoms with Gasteiger partial charge in [-0.2, -0.15) is 0 Å². The van der Waals surface area contributed by atoms with Crippen molar-refractivity contribution in [3.8, 4) is 0 Å². The van der Waals surface area contributed by atoms with E-state index < -0.39 is 5.60 Å². The number of hydrogen-bond donors (Lipinski definition) is 1. The highest BCUT2D eigenvalue weighted by Crippen LogP contribution is 2.36. The highest BCUT2D eigenvalue weighted by molar-refractivity contribution is 5.77. The SMILES string of the molecule is CN(C)C(=O)N1CC[C@]2(O)CCN(Cc3ccc4occc4c3)C[C@@H]2C1. The Hall–Kier alpha value is -2.05. The van der Waals surface area contributed by atoms with Gasteiger partial charge in [0.05, 0.1) is 11.9 Å². The maximum Gasteiger partial charge on any atom is 0.319 e. The van der Waals surface area contributed by atoms with Crippen molar-refractivity contribution in [1.82, 2.24) is 14.7 Å². The molecule has 4 rings (SSSR count). The Morgan fingerprint density at radius 1 is 1.27 bits per heavy atom. The van der Waals surface area contributed by atoms with Gasteiger partial charge in [0.15, 0.2) is 0 Å². The first-order valence-electron chi connectivity index (χ1n) is 9.32. The molecule has 0 saturated carbocycles. The highest BCUT2D eigenvalue weighted by atomic mass is 16.3. The standard InChI is InChI=1S/C20H27N3O3/c1-21(2)19(24)23-9-7-20(25)6-8-22(13-17(20)14-23)12-15-3-4-18-16(11-15)5-10-26-18/h3-5,10-11,17,25H,6-9,12-14H2,1-2H3/t17-,20-/m1/s1. The van der Waals surface area contributed by atoms with Crippen LogP contribution in [0.15, 0.2) is 34.9 Å². The molecule has 26 heavy (non-hydrogen) atoms. The van der Waals surface area contributed by atoms with E-state index in [4.69, 9.17) is 4.42 Å². The summed E-state index contributed by atoms with van der Waals surface area (Å²) < 4.78 is 5.41. The Morgan fingerprint density at radius 2 is 2.08 bits per heavy atom. The minimum absolute atomic E-state index is 0.0367. The van der Waals surface area contributed by atoms with E-state index in [1.54, 1.807) is 25.3 Å². The first-order chi connectivity index (χ1) is 12.4. The fourth-order valence-corrected chi connectivity index (χ4v) is 4.34. The monoisotopic (exact) mass is 357 g/mol. The summed E-state index contributed by atoms with van der Waals surface area (Å²) in [7, 11) is 3.56. The molecule has 140 valence electrons. The Kier molecular flexibility index (Phi) is 4.40. The number of hydrogen-bond acceptors (Lipinski definition) is 4. The largest absolute Gasteiger partial charge is 0.464 e. The second kappa shape index (κ2) is 6.59. The molecule has 2 amide bonds. The summed E-state index contributed by atoms with van der Waals surface area (Å²) in [5.74, 6) is 0.103. The Balaban J connectivity index is 1.44. The lowest BCUT2D eigenvalue weighted by Gasteiger charge is -2.50. The lowest BCUT2D eigenvalue weighted by Crippen LogP contribution is -2.61. The van der Waals surface area contributed by atoms with E-state index in [-0.39, 0.29) is 11.9 Å². The van der Waals surface area contributed by atoms with Gasteiger partial charge < -0.3 is 19.3 Å². The van der Waals surface area contributed by atoms with Crippen LogP contribution in [0.4, 0.5) is 4.79 Å². The number of likely N-dealkylation sites (tertiary alicyclic amines) is 2. The number of nitrogens with zero attached hydrogens (tertiary/aromatic N) is 3. The summed E-state index contributed by atoms with van der Waals surface area (Å²) in [5.41, 5.74) is 1.53. The van der Waals surface area contributed by atoms with Crippen molar-refractivity contribution in [3.05, 3.63) is 36.1 Å². The van der Waals surface area contributed by atoms with Gasteiger partial charge in [0, 0.05) is 58.1 Å². The van der Waals surface area contributed by atoms with Crippen LogP contribution in [0.3, 0.4) is 0 Å². The van der Waals surface area contributed by atoms with E-state index >= 15 is 0 Å². The quantitative estimate of drug-likeness (QED) is 0.896. The number of carbonyl (C=O) groups excluding carboxylic acids is 1. The molecule has 1 aromatic carbocycles. The molecule has 2 fully saturated rings. The van der Waals surface area contributed by atoms with Crippen LogP contribution in [0.5, 0.6) is 0 Å². The maximum atomic E-state index is 12.3. The molecule has 0 radical (unpaired) electrons. The minimum Gasteiger partial charge on any atom is -0.464 e. The molecular weight excluding hydrogens is 330 g/mol. The average molecular weight is 357 g/mol. The molecule has 6 heteroatoms. The summed E-state index contributed by atoms with van der Waals surface area (Å²) in [6, 6.07) is 8.31. The molecule has 6 nitrogen and oxygen atoms in total. The number of piperidine rings is 2. The fraction of sp³-hybridized carbons (Fsp3) is 0.550.